The predicted octanol–water partition coefficient (Wildman–Crippen LogP) is 3.54. The van der Waals surface area contributed by atoms with Gasteiger partial charge in [-0.3, -0.25) is 24.3 Å². The molecule has 1 fully saturated rings. The molecule has 9 nitrogen and oxygen atoms in total. The zero-order valence-corrected chi connectivity index (χ0v) is 20.1. The molecule has 1 aliphatic rings. The first kappa shape index (κ1) is 22.9. The fraction of sp³-hybridized carbons (Fsp3) is 0.240. The number of piperidine rings is 1. The normalized spacial score (nSPS) is 16.5. The van der Waals surface area contributed by atoms with Crippen LogP contribution in [0.15, 0.2) is 59.5 Å². The van der Waals surface area contributed by atoms with Gasteiger partial charge >= 0.3 is 0 Å². The largest absolute Gasteiger partial charge is 0.464 e. The van der Waals surface area contributed by atoms with Crippen molar-refractivity contribution in [1.29, 1.82) is 0 Å². The van der Waals surface area contributed by atoms with Gasteiger partial charge in [0, 0.05) is 29.1 Å². The number of hydrogen-bond donors (Lipinski definition) is 2. The molecular weight excluding hydrogens is 468 g/mol. The Hall–Kier alpha value is -3.92. The summed E-state index contributed by atoms with van der Waals surface area (Å²) in [5.41, 5.74) is 5.67. The van der Waals surface area contributed by atoms with E-state index in [0.29, 0.717) is 30.7 Å². The minimum Gasteiger partial charge on any atom is -0.464 e. The summed E-state index contributed by atoms with van der Waals surface area (Å²) < 4.78 is 33.1. The van der Waals surface area contributed by atoms with Crippen molar-refractivity contribution >= 4 is 38.5 Å². The van der Waals surface area contributed by atoms with Crippen LogP contribution in [0.25, 0.3) is 22.1 Å². The van der Waals surface area contributed by atoms with Crippen molar-refractivity contribution in [3.63, 3.8) is 0 Å². The highest BCUT2D eigenvalue weighted by Crippen LogP contribution is 2.34. The van der Waals surface area contributed by atoms with Crippen LogP contribution in [0.5, 0.6) is 0 Å². The lowest BCUT2D eigenvalue weighted by Gasteiger charge is -2.19. The van der Waals surface area contributed by atoms with Gasteiger partial charge in [-0.1, -0.05) is 24.3 Å². The Balaban J connectivity index is 1.34. The van der Waals surface area contributed by atoms with Crippen LogP contribution >= 0.6 is 0 Å². The predicted molar refractivity (Wildman–Crippen MR) is 131 cm³/mol. The summed E-state index contributed by atoms with van der Waals surface area (Å²) in [5, 5.41) is 7.72. The number of aromatic nitrogens is 2. The van der Waals surface area contributed by atoms with E-state index in [0.717, 1.165) is 39.5 Å². The van der Waals surface area contributed by atoms with Gasteiger partial charge in [-0.05, 0) is 42.2 Å². The molecule has 5 rings (SSSR count). The highest BCUT2D eigenvalue weighted by atomic mass is 32.2. The molecule has 0 spiro atoms. The molecular formula is C25H24N4O5S. The average molecular weight is 493 g/mol. The molecule has 1 aliphatic heterocycles. The number of benzene rings is 2. The molecule has 35 heavy (non-hydrogen) atoms. The summed E-state index contributed by atoms with van der Waals surface area (Å²) >= 11 is 0. The van der Waals surface area contributed by atoms with Crippen LogP contribution < -0.4 is 10.0 Å². The lowest BCUT2D eigenvalue weighted by molar-refractivity contribution is -0.134. The molecule has 1 atom stereocenters. The Labute approximate surface area is 202 Å². The van der Waals surface area contributed by atoms with Gasteiger partial charge in [0.25, 0.3) is 0 Å². The van der Waals surface area contributed by atoms with Gasteiger partial charge in [0.15, 0.2) is 0 Å². The number of amides is 2. The molecule has 3 heterocycles. The van der Waals surface area contributed by atoms with Crippen molar-refractivity contribution in [3.05, 3.63) is 71.7 Å². The van der Waals surface area contributed by atoms with Gasteiger partial charge < -0.3 is 4.42 Å². The van der Waals surface area contributed by atoms with E-state index in [4.69, 9.17) is 4.42 Å². The molecule has 2 N–H and O–H groups in total. The lowest BCUT2D eigenvalue weighted by Crippen LogP contribution is -2.39. The lowest BCUT2D eigenvalue weighted by atomic mass is 9.90. The average Bonchev–Trinajstić information content (AvgIpc) is 3.42. The van der Waals surface area contributed by atoms with E-state index < -0.39 is 15.9 Å². The van der Waals surface area contributed by atoms with Crippen LogP contribution in [0.4, 0.5) is 5.69 Å². The van der Waals surface area contributed by atoms with Gasteiger partial charge in [0.1, 0.15) is 5.58 Å². The van der Waals surface area contributed by atoms with Gasteiger partial charge in [-0.15, -0.1) is 0 Å². The topological polar surface area (TPSA) is 123 Å². The van der Waals surface area contributed by atoms with Crippen molar-refractivity contribution in [2.75, 3.05) is 11.0 Å². The SMILES string of the molecule is Cc1cc(Cn2cc(-c3ccc4c(C5CCC(=O)NC5=O)coc4c3)cn2)ccc1NS(C)(=O)=O. The summed E-state index contributed by atoms with van der Waals surface area (Å²) in [5.74, 6) is -0.926. The molecule has 10 heteroatoms. The number of sulfonamides is 1. The smallest absolute Gasteiger partial charge is 0.234 e. The number of anilines is 1. The Morgan fingerprint density at radius 2 is 2.00 bits per heavy atom. The molecule has 1 saturated heterocycles. The maximum Gasteiger partial charge on any atom is 0.234 e. The minimum absolute atomic E-state index is 0.241. The van der Waals surface area contributed by atoms with Crippen LogP contribution in [-0.2, 0) is 26.2 Å². The summed E-state index contributed by atoms with van der Waals surface area (Å²) in [6.07, 6.45) is 7.22. The van der Waals surface area contributed by atoms with Crippen LogP contribution in [0.1, 0.15) is 35.4 Å². The van der Waals surface area contributed by atoms with Gasteiger partial charge in [-0.2, -0.15) is 5.10 Å². The molecule has 180 valence electrons. The van der Waals surface area contributed by atoms with Gasteiger partial charge in [0.05, 0.1) is 36.9 Å². The van der Waals surface area contributed by atoms with E-state index in [1.807, 2.05) is 48.1 Å². The maximum atomic E-state index is 12.3. The zero-order valence-electron chi connectivity index (χ0n) is 19.2. The minimum atomic E-state index is -3.33. The molecule has 2 amide bonds. The van der Waals surface area contributed by atoms with E-state index in [-0.39, 0.29) is 11.8 Å². The van der Waals surface area contributed by atoms with E-state index in [9.17, 15) is 18.0 Å². The van der Waals surface area contributed by atoms with Gasteiger partial charge in [0.2, 0.25) is 21.8 Å². The molecule has 4 aromatic rings. The number of nitrogens with zero attached hydrogens (tertiary/aromatic N) is 2. The molecule has 2 aromatic carbocycles. The molecule has 0 bridgehead atoms. The maximum absolute atomic E-state index is 12.3. The second-order valence-corrected chi connectivity index (χ2v) is 10.6. The standard InChI is InChI=1S/C25H24N4O5S/c1-15-9-16(3-7-22(15)28-35(2,32)33)12-29-13-18(11-26-29)17-4-5-19-21(14-34-23(19)10-17)20-6-8-24(30)27-25(20)31/h3-5,7,9-11,13-14,20,28H,6,8,12H2,1-2H3,(H,27,30,31). The number of furan rings is 1. The zero-order chi connectivity index (χ0) is 24.7. The van der Waals surface area contributed by atoms with E-state index in [1.54, 1.807) is 18.5 Å². The number of rotatable bonds is 6. The Kier molecular flexibility index (Phi) is 5.68. The number of nitrogens with one attached hydrogen (secondary N) is 2. The number of carbonyl (C=O) groups excluding carboxylic acids is 2. The second kappa shape index (κ2) is 8.70. The number of fused-ring (bicyclic) bond motifs is 1. The fourth-order valence-electron chi connectivity index (χ4n) is 4.41. The third kappa shape index (κ3) is 4.83. The van der Waals surface area contributed by atoms with Crippen molar-refractivity contribution in [2.24, 2.45) is 0 Å². The second-order valence-electron chi connectivity index (χ2n) is 8.86. The first-order valence-corrected chi connectivity index (χ1v) is 13.0. The first-order valence-electron chi connectivity index (χ1n) is 11.1. The highest BCUT2D eigenvalue weighted by Gasteiger charge is 2.30. The first-order chi connectivity index (χ1) is 16.7. The fourth-order valence-corrected chi connectivity index (χ4v) is 5.04. The number of carbonyl (C=O) groups is 2. The Bertz CT molecular complexity index is 1570. The van der Waals surface area contributed by atoms with Crippen LogP contribution in [0.2, 0.25) is 0 Å². The molecule has 0 radical (unpaired) electrons. The summed E-state index contributed by atoms with van der Waals surface area (Å²) in [4.78, 5) is 23.7. The third-order valence-electron chi connectivity index (χ3n) is 6.12. The van der Waals surface area contributed by atoms with Crippen molar-refractivity contribution in [3.8, 4) is 11.1 Å². The third-order valence-corrected chi connectivity index (χ3v) is 6.71. The van der Waals surface area contributed by atoms with E-state index in [2.05, 4.69) is 15.1 Å². The molecule has 2 aromatic heterocycles. The van der Waals surface area contributed by atoms with Crippen LogP contribution in [0.3, 0.4) is 0 Å². The summed E-state index contributed by atoms with van der Waals surface area (Å²) in [7, 11) is -3.33. The molecule has 0 saturated carbocycles. The summed E-state index contributed by atoms with van der Waals surface area (Å²) in [6, 6.07) is 11.4. The van der Waals surface area contributed by atoms with E-state index >= 15 is 0 Å². The number of imide groups is 1. The van der Waals surface area contributed by atoms with Crippen LogP contribution in [-0.4, -0.2) is 36.3 Å². The summed E-state index contributed by atoms with van der Waals surface area (Å²) in [6.45, 7) is 2.38. The van der Waals surface area contributed by atoms with Crippen molar-refractivity contribution in [1.82, 2.24) is 15.1 Å². The van der Waals surface area contributed by atoms with Gasteiger partial charge in [-0.25, -0.2) is 8.42 Å². The monoisotopic (exact) mass is 492 g/mol. The Morgan fingerprint density at radius 1 is 1.17 bits per heavy atom. The number of hydrogen-bond acceptors (Lipinski definition) is 6. The Morgan fingerprint density at radius 3 is 2.74 bits per heavy atom. The van der Waals surface area contributed by atoms with Crippen molar-refractivity contribution < 1.29 is 22.4 Å². The molecule has 0 aliphatic carbocycles. The number of aryl methyl sites for hydroxylation is 1. The van der Waals surface area contributed by atoms with Crippen LogP contribution in [0, 0.1) is 6.92 Å². The quantitative estimate of drug-likeness (QED) is 0.397. The van der Waals surface area contributed by atoms with E-state index in [1.165, 1.54) is 0 Å². The van der Waals surface area contributed by atoms with Crippen molar-refractivity contribution in [2.45, 2.75) is 32.2 Å². The highest BCUT2D eigenvalue weighted by molar-refractivity contribution is 7.92. The molecule has 1 unspecified atom stereocenters.